The molecule has 1 aliphatic rings. The number of hydrogen-bond acceptors (Lipinski definition) is 4. The summed E-state index contributed by atoms with van der Waals surface area (Å²) >= 11 is 12.0. The number of nitrogens with zero attached hydrogens (tertiary/aromatic N) is 1. The highest BCUT2D eigenvalue weighted by Gasteiger charge is 2.33. The van der Waals surface area contributed by atoms with Gasteiger partial charge in [0.05, 0.1) is 17.2 Å². The van der Waals surface area contributed by atoms with Crippen molar-refractivity contribution < 1.29 is 17.9 Å². The van der Waals surface area contributed by atoms with Crippen molar-refractivity contribution >= 4 is 44.8 Å². The second kappa shape index (κ2) is 8.39. The van der Waals surface area contributed by atoms with Crippen LogP contribution in [0.5, 0.6) is 0 Å². The molecule has 1 amide bonds. The van der Waals surface area contributed by atoms with E-state index in [1.807, 2.05) is 13.8 Å². The Morgan fingerprint density at radius 3 is 2.29 bits per heavy atom. The minimum atomic E-state index is -3.87. The molecule has 3 rings (SSSR count). The molecule has 1 fully saturated rings. The van der Waals surface area contributed by atoms with Crippen molar-refractivity contribution in [3.05, 3.63) is 58.1 Å². The summed E-state index contributed by atoms with van der Waals surface area (Å²) in [6.07, 6.45) is -0.456. The lowest BCUT2D eigenvalue weighted by atomic mass is 10.2. The Balaban J connectivity index is 1.88. The molecular formula is C19H20Cl2N2O4S. The average molecular weight is 443 g/mol. The molecule has 1 aliphatic heterocycles. The van der Waals surface area contributed by atoms with Gasteiger partial charge in [-0.2, -0.15) is 4.31 Å². The number of benzene rings is 2. The van der Waals surface area contributed by atoms with Crippen molar-refractivity contribution in [2.75, 3.05) is 18.4 Å². The first-order chi connectivity index (χ1) is 13.2. The van der Waals surface area contributed by atoms with Gasteiger partial charge in [-0.1, -0.05) is 23.2 Å². The highest BCUT2D eigenvalue weighted by molar-refractivity contribution is 7.89. The van der Waals surface area contributed by atoms with Gasteiger partial charge < -0.3 is 10.1 Å². The first kappa shape index (κ1) is 21.1. The van der Waals surface area contributed by atoms with Gasteiger partial charge in [0, 0.05) is 29.4 Å². The first-order valence-electron chi connectivity index (χ1n) is 8.69. The van der Waals surface area contributed by atoms with Crippen LogP contribution in [-0.2, 0) is 14.8 Å². The van der Waals surface area contributed by atoms with E-state index in [1.54, 1.807) is 24.3 Å². The van der Waals surface area contributed by atoms with Gasteiger partial charge in [0.1, 0.15) is 4.90 Å². The fraction of sp³-hybridized carbons (Fsp3) is 0.316. The fourth-order valence-electron chi connectivity index (χ4n) is 3.04. The number of morpholine rings is 1. The van der Waals surface area contributed by atoms with Crippen molar-refractivity contribution in [1.29, 1.82) is 0 Å². The Kier molecular flexibility index (Phi) is 6.31. The molecule has 2 atom stereocenters. The van der Waals surface area contributed by atoms with Gasteiger partial charge >= 0.3 is 0 Å². The van der Waals surface area contributed by atoms with E-state index in [-0.39, 0.29) is 40.8 Å². The van der Waals surface area contributed by atoms with E-state index in [0.29, 0.717) is 10.7 Å². The SMILES string of the molecule is C[C@@H]1CN(S(=O)(=O)c2cc(C(=O)Nc3ccc(Cl)cc3)ccc2Cl)C[C@H](C)O1. The molecule has 1 N–H and O–H groups in total. The number of hydrogen-bond donors (Lipinski definition) is 1. The van der Waals surface area contributed by atoms with Crippen LogP contribution in [0.15, 0.2) is 47.4 Å². The quantitative estimate of drug-likeness (QED) is 0.774. The zero-order chi connectivity index (χ0) is 20.5. The van der Waals surface area contributed by atoms with Crippen LogP contribution in [0.25, 0.3) is 0 Å². The third kappa shape index (κ3) is 4.67. The highest BCUT2D eigenvalue weighted by Crippen LogP contribution is 2.28. The van der Waals surface area contributed by atoms with E-state index in [1.165, 1.54) is 22.5 Å². The largest absolute Gasteiger partial charge is 0.373 e. The molecule has 0 unspecified atom stereocenters. The zero-order valence-corrected chi connectivity index (χ0v) is 17.7. The Hall–Kier alpha value is -1.64. The Bertz CT molecular complexity index is 970. The summed E-state index contributed by atoms with van der Waals surface area (Å²) in [7, 11) is -3.87. The van der Waals surface area contributed by atoms with E-state index >= 15 is 0 Å². The summed E-state index contributed by atoms with van der Waals surface area (Å²) in [5.74, 6) is -0.445. The molecule has 2 aromatic carbocycles. The second-order valence-corrected chi connectivity index (χ2v) is 9.44. The molecule has 0 bridgehead atoms. The number of sulfonamides is 1. The van der Waals surface area contributed by atoms with E-state index in [2.05, 4.69) is 5.32 Å². The summed E-state index contributed by atoms with van der Waals surface area (Å²) in [6, 6.07) is 10.8. The van der Waals surface area contributed by atoms with Crippen LogP contribution < -0.4 is 5.32 Å². The lowest BCUT2D eigenvalue weighted by Gasteiger charge is -2.34. The predicted molar refractivity (Wildman–Crippen MR) is 110 cm³/mol. The zero-order valence-electron chi connectivity index (χ0n) is 15.4. The van der Waals surface area contributed by atoms with Gasteiger partial charge in [-0.05, 0) is 56.3 Å². The normalized spacial score (nSPS) is 20.7. The highest BCUT2D eigenvalue weighted by atomic mass is 35.5. The first-order valence-corrected chi connectivity index (χ1v) is 10.9. The number of nitrogens with one attached hydrogen (secondary N) is 1. The number of amides is 1. The van der Waals surface area contributed by atoms with Gasteiger partial charge in [0.15, 0.2) is 0 Å². The summed E-state index contributed by atoms with van der Waals surface area (Å²) in [5.41, 5.74) is 0.733. The monoisotopic (exact) mass is 442 g/mol. The molecule has 150 valence electrons. The average Bonchev–Trinajstić information content (AvgIpc) is 2.63. The van der Waals surface area contributed by atoms with Crippen LogP contribution in [0.1, 0.15) is 24.2 Å². The van der Waals surface area contributed by atoms with Crippen LogP contribution in [0.3, 0.4) is 0 Å². The van der Waals surface area contributed by atoms with Gasteiger partial charge in [0.25, 0.3) is 5.91 Å². The predicted octanol–water partition coefficient (Wildman–Crippen LogP) is 4.04. The Labute approximate surface area is 174 Å². The third-order valence-electron chi connectivity index (χ3n) is 4.30. The topological polar surface area (TPSA) is 75.7 Å². The molecule has 6 nitrogen and oxygen atoms in total. The van der Waals surface area contributed by atoms with Gasteiger partial charge in [0.2, 0.25) is 10.0 Å². The van der Waals surface area contributed by atoms with Crippen molar-refractivity contribution in [2.24, 2.45) is 0 Å². The molecule has 0 aliphatic carbocycles. The van der Waals surface area contributed by atoms with Crippen LogP contribution in [0, 0.1) is 0 Å². The molecule has 28 heavy (non-hydrogen) atoms. The molecule has 1 saturated heterocycles. The van der Waals surface area contributed by atoms with E-state index in [4.69, 9.17) is 27.9 Å². The van der Waals surface area contributed by atoms with Crippen LogP contribution in [-0.4, -0.2) is 43.9 Å². The molecule has 9 heteroatoms. The van der Waals surface area contributed by atoms with E-state index < -0.39 is 15.9 Å². The number of ether oxygens (including phenoxy) is 1. The van der Waals surface area contributed by atoms with E-state index in [9.17, 15) is 13.2 Å². The van der Waals surface area contributed by atoms with Crippen molar-refractivity contribution in [3.8, 4) is 0 Å². The maximum atomic E-state index is 13.1. The standard InChI is InChI=1S/C19H20Cl2N2O4S/c1-12-10-23(11-13(2)27-12)28(25,26)18-9-14(3-8-17(18)21)19(24)22-16-6-4-15(20)5-7-16/h3-9,12-13H,10-11H2,1-2H3,(H,22,24)/t12-,13+. The van der Waals surface area contributed by atoms with Crippen molar-refractivity contribution in [1.82, 2.24) is 4.31 Å². The molecule has 2 aromatic rings. The van der Waals surface area contributed by atoms with Crippen LogP contribution in [0.4, 0.5) is 5.69 Å². The lowest BCUT2D eigenvalue weighted by molar-refractivity contribution is -0.0440. The van der Waals surface area contributed by atoms with Gasteiger partial charge in [-0.3, -0.25) is 4.79 Å². The minimum absolute atomic E-state index is 0.0647. The maximum Gasteiger partial charge on any atom is 0.255 e. The molecule has 0 aromatic heterocycles. The smallest absolute Gasteiger partial charge is 0.255 e. The number of carbonyl (C=O) groups is 1. The number of halogens is 2. The van der Waals surface area contributed by atoms with Gasteiger partial charge in [-0.25, -0.2) is 8.42 Å². The number of carbonyl (C=O) groups excluding carboxylic acids is 1. The number of rotatable bonds is 4. The number of anilines is 1. The molecule has 1 heterocycles. The molecule has 0 spiro atoms. The molecule has 0 radical (unpaired) electrons. The van der Waals surface area contributed by atoms with Crippen LogP contribution >= 0.6 is 23.2 Å². The summed E-state index contributed by atoms with van der Waals surface area (Å²) in [5, 5.41) is 3.32. The Morgan fingerprint density at radius 2 is 1.68 bits per heavy atom. The van der Waals surface area contributed by atoms with E-state index in [0.717, 1.165) is 0 Å². The minimum Gasteiger partial charge on any atom is -0.373 e. The second-order valence-electron chi connectivity index (χ2n) is 6.69. The Morgan fingerprint density at radius 1 is 1.07 bits per heavy atom. The third-order valence-corrected chi connectivity index (χ3v) is 6.86. The molecular weight excluding hydrogens is 423 g/mol. The van der Waals surface area contributed by atoms with Crippen LogP contribution in [0.2, 0.25) is 10.0 Å². The fourth-order valence-corrected chi connectivity index (χ4v) is 5.26. The summed E-state index contributed by atoms with van der Waals surface area (Å²) < 4.78 is 33.2. The van der Waals surface area contributed by atoms with Crippen molar-refractivity contribution in [2.45, 2.75) is 31.0 Å². The molecule has 0 saturated carbocycles. The maximum absolute atomic E-state index is 13.1. The lowest BCUT2D eigenvalue weighted by Crippen LogP contribution is -2.48. The van der Waals surface area contributed by atoms with Crippen molar-refractivity contribution in [3.63, 3.8) is 0 Å². The summed E-state index contributed by atoms with van der Waals surface area (Å²) in [6.45, 7) is 4.08. The summed E-state index contributed by atoms with van der Waals surface area (Å²) in [4.78, 5) is 12.5. The van der Waals surface area contributed by atoms with Gasteiger partial charge in [-0.15, -0.1) is 0 Å².